The zero-order valence-corrected chi connectivity index (χ0v) is 23.7. The second kappa shape index (κ2) is 12.2. The molecule has 0 saturated carbocycles. The molecule has 2 aliphatic rings. The normalized spacial score (nSPS) is 16.3. The van der Waals surface area contributed by atoms with Gasteiger partial charge in [-0.2, -0.15) is 13.2 Å². The Morgan fingerprint density at radius 1 is 0.932 bits per heavy atom. The Morgan fingerprint density at radius 2 is 1.70 bits per heavy atom. The number of aromatic nitrogens is 4. The summed E-state index contributed by atoms with van der Waals surface area (Å²) in [5, 5.41) is 5.44. The zero-order valence-electron chi connectivity index (χ0n) is 23.7. The van der Waals surface area contributed by atoms with Gasteiger partial charge < -0.3 is 30.1 Å². The fourth-order valence-electron chi connectivity index (χ4n) is 5.04. The molecule has 44 heavy (non-hydrogen) atoms. The van der Waals surface area contributed by atoms with Gasteiger partial charge in [0.05, 0.1) is 30.7 Å². The van der Waals surface area contributed by atoms with E-state index in [1.54, 1.807) is 6.20 Å². The van der Waals surface area contributed by atoms with Crippen molar-refractivity contribution in [3.8, 4) is 0 Å². The van der Waals surface area contributed by atoms with Gasteiger partial charge in [0, 0.05) is 56.2 Å². The van der Waals surface area contributed by atoms with Crippen LogP contribution in [-0.4, -0.2) is 90.3 Å². The van der Waals surface area contributed by atoms with Crippen molar-refractivity contribution in [2.24, 2.45) is 0 Å². The summed E-state index contributed by atoms with van der Waals surface area (Å²) >= 11 is 0. The second-order valence-electron chi connectivity index (χ2n) is 10.6. The summed E-state index contributed by atoms with van der Waals surface area (Å²) in [6.07, 6.45) is -1.78. The third-order valence-corrected chi connectivity index (χ3v) is 7.51. The van der Waals surface area contributed by atoms with Crippen molar-refractivity contribution in [1.29, 1.82) is 0 Å². The number of anilines is 5. The lowest BCUT2D eigenvalue weighted by atomic mass is 10.1. The molecule has 2 aromatic heterocycles. The van der Waals surface area contributed by atoms with Crippen molar-refractivity contribution in [2.75, 3.05) is 80.0 Å². The fourth-order valence-corrected chi connectivity index (χ4v) is 5.04. The number of hydrogen-bond acceptors (Lipinski definition) is 10. The molecular formula is C29H29F4N9O2. The number of nitrogens with one attached hydrogen (secondary N) is 2. The van der Waals surface area contributed by atoms with E-state index in [1.807, 2.05) is 16.8 Å². The van der Waals surface area contributed by atoms with E-state index in [9.17, 15) is 22.4 Å². The number of piperazine rings is 1. The standard InChI is InChI=1S/C29H29F4N9O2/c1-40-4-6-41(7-5-40)21-14-19(29(31,32)33)13-20(15-21)37-27(43)18-2-3-22(30)23(12-18)38-26-25-24(35-17-36-26)16-34-28(39-25)42-8-10-44-11-9-42/h2-3,12-17H,4-11H2,1H3,(H,37,43)(H,35,36,38). The molecular weight excluding hydrogens is 582 g/mol. The van der Waals surface area contributed by atoms with Crippen molar-refractivity contribution in [3.63, 3.8) is 0 Å². The Bertz CT molecular complexity index is 1670. The molecule has 2 N–H and O–H groups in total. The number of morpholine rings is 1. The van der Waals surface area contributed by atoms with Crippen LogP contribution in [0.5, 0.6) is 0 Å². The summed E-state index contributed by atoms with van der Waals surface area (Å²) in [7, 11) is 1.95. The number of amides is 1. The largest absolute Gasteiger partial charge is 0.416 e. The molecule has 2 aromatic carbocycles. The highest BCUT2D eigenvalue weighted by molar-refractivity contribution is 6.05. The third-order valence-electron chi connectivity index (χ3n) is 7.51. The van der Waals surface area contributed by atoms with E-state index in [-0.39, 0.29) is 22.8 Å². The number of halogens is 4. The molecule has 4 aromatic rings. The highest BCUT2D eigenvalue weighted by Gasteiger charge is 2.32. The molecule has 4 heterocycles. The van der Waals surface area contributed by atoms with Gasteiger partial charge in [0.25, 0.3) is 5.91 Å². The van der Waals surface area contributed by atoms with Gasteiger partial charge in [-0.25, -0.2) is 24.3 Å². The fraction of sp³-hybridized carbons (Fsp3) is 0.345. The summed E-state index contributed by atoms with van der Waals surface area (Å²) in [5.74, 6) is -0.740. The molecule has 2 saturated heterocycles. The highest BCUT2D eigenvalue weighted by atomic mass is 19.4. The Balaban J connectivity index is 1.26. The van der Waals surface area contributed by atoms with Crippen LogP contribution < -0.4 is 20.4 Å². The molecule has 230 valence electrons. The number of hydrogen-bond donors (Lipinski definition) is 2. The smallest absolute Gasteiger partial charge is 0.378 e. The average molecular weight is 612 g/mol. The molecule has 0 aliphatic carbocycles. The van der Waals surface area contributed by atoms with Crippen molar-refractivity contribution in [1.82, 2.24) is 24.8 Å². The first-order valence-electron chi connectivity index (χ1n) is 14.0. The number of nitrogens with zero attached hydrogens (tertiary/aromatic N) is 7. The van der Waals surface area contributed by atoms with Crippen molar-refractivity contribution >= 4 is 45.8 Å². The lowest BCUT2D eigenvalue weighted by Crippen LogP contribution is -2.44. The SMILES string of the molecule is CN1CCN(c2cc(NC(=O)c3ccc(F)c(Nc4ncnc5cnc(N6CCOCC6)nc45)c3)cc(C(F)(F)F)c2)CC1. The van der Waals surface area contributed by atoms with E-state index >= 15 is 0 Å². The molecule has 2 fully saturated rings. The lowest BCUT2D eigenvalue weighted by molar-refractivity contribution is -0.137. The van der Waals surface area contributed by atoms with Crippen LogP contribution in [0.3, 0.4) is 0 Å². The number of alkyl halides is 3. The minimum Gasteiger partial charge on any atom is -0.378 e. The minimum atomic E-state index is -4.61. The Labute approximate surface area is 249 Å². The summed E-state index contributed by atoms with van der Waals surface area (Å²) in [5.41, 5.74) is 0.180. The Hall–Kier alpha value is -4.63. The molecule has 0 atom stereocenters. The van der Waals surface area contributed by atoms with E-state index in [1.165, 1.54) is 24.5 Å². The van der Waals surface area contributed by atoms with Crippen LogP contribution >= 0.6 is 0 Å². The van der Waals surface area contributed by atoms with Gasteiger partial charge in [0.15, 0.2) is 5.82 Å². The predicted octanol–water partition coefficient (Wildman–Crippen LogP) is 4.16. The molecule has 0 unspecified atom stereocenters. The molecule has 0 bridgehead atoms. The van der Waals surface area contributed by atoms with Gasteiger partial charge in [-0.3, -0.25) is 4.79 Å². The van der Waals surface area contributed by atoms with Gasteiger partial charge in [-0.1, -0.05) is 0 Å². The monoisotopic (exact) mass is 611 g/mol. The second-order valence-corrected chi connectivity index (χ2v) is 10.6. The highest BCUT2D eigenvalue weighted by Crippen LogP contribution is 2.35. The average Bonchev–Trinajstić information content (AvgIpc) is 3.02. The first-order valence-corrected chi connectivity index (χ1v) is 14.0. The molecule has 1 amide bonds. The first-order chi connectivity index (χ1) is 21.1. The number of ether oxygens (including phenoxy) is 1. The van der Waals surface area contributed by atoms with Crippen LogP contribution in [0, 0.1) is 5.82 Å². The number of fused-ring (bicyclic) bond motifs is 1. The molecule has 6 rings (SSSR count). The zero-order chi connectivity index (χ0) is 30.8. The Morgan fingerprint density at radius 3 is 2.45 bits per heavy atom. The van der Waals surface area contributed by atoms with Crippen LogP contribution in [0.25, 0.3) is 11.0 Å². The van der Waals surface area contributed by atoms with Gasteiger partial charge in [-0.05, 0) is 43.4 Å². The van der Waals surface area contributed by atoms with E-state index in [0.717, 1.165) is 18.2 Å². The first kappa shape index (κ1) is 29.4. The lowest BCUT2D eigenvalue weighted by Gasteiger charge is -2.34. The maximum Gasteiger partial charge on any atom is 0.416 e. The van der Waals surface area contributed by atoms with Crippen LogP contribution in [0.4, 0.5) is 46.4 Å². The molecule has 15 heteroatoms. The number of rotatable bonds is 6. The summed E-state index contributed by atoms with van der Waals surface area (Å²) in [4.78, 5) is 36.5. The molecule has 0 radical (unpaired) electrons. The van der Waals surface area contributed by atoms with Crippen LogP contribution in [0.15, 0.2) is 48.9 Å². The number of carbonyl (C=O) groups excluding carboxylic acids is 1. The van der Waals surface area contributed by atoms with Crippen molar-refractivity contribution < 1.29 is 27.1 Å². The minimum absolute atomic E-state index is 0.0216. The van der Waals surface area contributed by atoms with Crippen LogP contribution in [-0.2, 0) is 10.9 Å². The Kier molecular flexibility index (Phi) is 8.14. The topological polar surface area (TPSA) is 112 Å². The predicted molar refractivity (Wildman–Crippen MR) is 157 cm³/mol. The summed E-state index contributed by atoms with van der Waals surface area (Å²) in [6, 6.07) is 7.09. The van der Waals surface area contributed by atoms with E-state index in [2.05, 4.69) is 35.5 Å². The summed E-state index contributed by atoms with van der Waals surface area (Å²) < 4.78 is 61.6. The molecule has 2 aliphatic heterocycles. The number of carbonyl (C=O) groups is 1. The number of benzene rings is 2. The van der Waals surface area contributed by atoms with Gasteiger partial charge in [0.2, 0.25) is 5.95 Å². The van der Waals surface area contributed by atoms with E-state index in [0.29, 0.717) is 75.2 Å². The van der Waals surface area contributed by atoms with Crippen molar-refractivity contribution in [3.05, 3.63) is 65.9 Å². The maximum atomic E-state index is 15.0. The van der Waals surface area contributed by atoms with Crippen LogP contribution in [0.2, 0.25) is 0 Å². The maximum absolute atomic E-state index is 15.0. The van der Waals surface area contributed by atoms with E-state index < -0.39 is 23.5 Å². The number of likely N-dealkylation sites (N-methyl/N-ethyl adjacent to an activating group) is 1. The van der Waals surface area contributed by atoms with Crippen LogP contribution in [0.1, 0.15) is 15.9 Å². The van der Waals surface area contributed by atoms with Gasteiger partial charge in [0.1, 0.15) is 23.2 Å². The van der Waals surface area contributed by atoms with Gasteiger partial charge >= 0.3 is 6.18 Å². The van der Waals surface area contributed by atoms with Gasteiger partial charge in [-0.15, -0.1) is 0 Å². The third kappa shape index (κ3) is 6.48. The summed E-state index contributed by atoms with van der Waals surface area (Å²) in [6.45, 7) is 4.79. The molecule has 11 nitrogen and oxygen atoms in total. The van der Waals surface area contributed by atoms with Crippen molar-refractivity contribution in [2.45, 2.75) is 6.18 Å². The molecule has 0 spiro atoms. The van der Waals surface area contributed by atoms with E-state index in [4.69, 9.17) is 4.74 Å². The quantitative estimate of drug-likeness (QED) is 0.309.